The third kappa shape index (κ3) is 1.51. The highest BCUT2D eigenvalue weighted by molar-refractivity contribution is 6.34. The second-order valence-electron chi connectivity index (χ2n) is 2.85. The van der Waals surface area contributed by atoms with Crippen molar-refractivity contribution in [3.63, 3.8) is 0 Å². The van der Waals surface area contributed by atoms with Gasteiger partial charge in [-0.05, 0) is 13.8 Å². The molecule has 2 atom stereocenters. The van der Waals surface area contributed by atoms with E-state index >= 15 is 0 Å². The fraction of sp³-hybridized carbons (Fsp3) is 1.00. The van der Waals surface area contributed by atoms with E-state index in [4.69, 9.17) is 14.3 Å². The molecule has 1 rings (SSSR count). The Labute approximate surface area is 61.5 Å². The molecule has 4 heteroatoms. The molecule has 58 valence electrons. The predicted octanol–water partition coefficient (Wildman–Crippen LogP) is 0.423. The first-order valence-electron chi connectivity index (χ1n) is 3.60. The molecule has 0 amide bonds. The molecule has 1 N–H and O–H groups in total. The predicted molar refractivity (Wildman–Crippen MR) is 38.2 cm³/mol. The van der Waals surface area contributed by atoms with Gasteiger partial charge in [0.1, 0.15) is 0 Å². The van der Waals surface area contributed by atoms with E-state index in [-0.39, 0.29) is 12.2 Å². The van der Waals surface area contributed by atoms with Crippen LogP contribution in [0.4, 0.5) is 0 Å². The average molecular weight is 144 g/mol. The Morgan fingerprint density at radius 3 is 1.90 bits per heavy atom. The SMILES string of the molecule is CC1OB(O)OC(C)C1C. The van der Waals surface area contributed by atoms with Crippen LogP contribution in [0.5, 0.6) is 0 Å². The molecular formula is C6H13BO3. The van der Waals surface area contributed by atoms with Gasteiger partial charge in [-0.1, -0.05) is 6.92 Å². The molecule has 1 heterocycles. The maximum Gasteiger partial charge on any atom is 0.637 e. The Hall–Kier alpha value is -0.0551. The largest absolute Gasteiger partial charge is 0.637 e. The summed E-state index contributed by atoms with van der Waals surface area (Å²) >= 11 is 0. The summed E-state index contributed by atoms with van der Waals surface area (Å²) < 4.78 is 10.0. The zero-order valence-corrected chi connectivity index (χ0v) is 6.57. The monoisotopic (exact) mass is 144 g/mol. The Morgan fingerprint density at radius 1 is 1.10 bits per heavy atom. The summed E-state index contributed by atoms with van der Waals surface area (Å²) in [4.78, 5) is 0. The molecule has 0 saturated carbocycles. The number of hydrogen-bond acceptors (Lipinski definition) is 3. The van der Waals surface area contributed by atoms with E-state index in [0.717, 1.165) is 0 Å². The maximum atomic E-state index is 8.92. The lowest BCUT2D eigenvalue weighted by molar-refractivity contribution is -0.0445. The van der Waals surface area contributed by atoms with Crippen LogP contribution in [0.25, 0.3) is 0 Å². The van der Waals surface area contributed by atoms with E-state index in [9.17, 15) is 0 Å². The van der Waals surface area contributed by atoms with Crippen LogP contribution in [-0.2, 0) is 9.31 Å². The first-order chi connectivity index (χ1) is 4.61. The van der Waals surface area contributed by atoms with Gasteiger partial charge in [-0.15, -0.1) is 0 Å². The molecule has 1 saturated heterocycles. The van der Waals surface area contributed by atoms with Crippen molar-refractivity contribution >= 4 is 7.32 Å². The molecule has 0 bridgehead atoms. The Bertz CT molecular complexity index is 108. The zero-order valence-electron chi connectivity index (χ0n) is 6.57. The summed E-state index contributed by atoms with van der Waals surface area (Å²) in [5.41, 5.74) is 0. The molecule has 0 aromatic heterocycles. The summed E-state index contributed by atoms with van der Waals surface area (Å²) in [6, 6.07) is 0. The minimum Gasteiger partial charge on any atom is -0.402 e. The third-order valence-electron chi connectivity index (χ3n) is 2.14. The Morgan fingerprint density at radius 2 is 1.50 bits per heavy atom. The molecule has 0 aliphatic carbocycles. The smallest absolute Gasteiger partial charge is 0.402 e. The van der Waals surface area contributed by atoms with Gasteiger partial charge in [0, 0.05) is 18.1 Å². The van der Waals surface area contributed by atoms with E-state index in [0.29, 0.717) is 5.92 Å². The lowest BCUT2D eigenvalue weighted by atomic mass is 9.95. The van der Waals surface area contributed by atoms with Gasteiger partial charge in [0.15, 0.2) is 0 Å². The van der Waals surface area contributed by atoms with E-state index < -0.39 is 7.32 Å². The third-order valence-corrected chi connectivity index (χ3v) is 2.14. The van der Waals surface area contributed by atoms with Crippen LogP contribution in [0.3, 0.4) is 0 Å². The first-order valence-corrected chi connectivity index (χ1v) is 3.60. The molecule has 0 aromatic rings. The van der Waals surface area contributed by atoms with Gasteiger partial charge >= 0.3 is 7.32 Å². The van der Waals surface area contributed by atoms with Crippen molar-refractivity contribution in [3.8, 4) is 0 Å². The van der Waals surface area contributed by atoms with Gasteiger partial charge in [-0.25, -0.2) is 0 Å². The molecule has 1 aliphatic rings. The molecule has 1 fully saturated rings. The van der Waals surface area contributed by atoms with Gasteiger partial charge in [-0.2, -0.15) is 0 Å². The maximum absolute atomic E-state index is 8.92. The van der Waals surface area contributed by atoms with E-state index in [1.54, 1.807) is 0 Å². The standard InChI is InChI=1S/C6H13BO3/c1-4-5(2)9-7(8)10-6(4)3/h4-6,8H,1-3H3. The first kappa shape index (κ1) is 8.05. The fourth-order valence-electron chi connectivity index (χ4n) is 1.03. The highest BCUT2D eigenvalue weighted by Gasteiger charge is 2.34. The summed E-state index contributed by atoms with van der Waals surface area (Å²) in [6.07, 6.45) is 0.164. The molecule has 0 aromatic carbocycles. The van der Waals surface area contributed by atoms with Crippen LogP contribution in [-0.4, -0.2) is 24.6 Å². The quantitative estimate of drug-likeness (QED) is 0.500. The van der Waals surface area contributed by atoms with Crippen molar-refractivity contribution in [1.82, 2.24) is 0 Å². The Balaban J connectivity index is 2.49. The van der Waals surface area contributed by atoms with Crippen LogP contribution in [0, 0.1) is 5.92 Å². The second-order valence-corrected chi connectivity index (χ2v) is 2.85. The molecule has 1 aliphatic heterocycles. The van der Waals surface area contributed by atoms with Crippen molar-refractivity contribution < 1.29 is 14.3 Å². The number of hydrogen-bond donors (Lipinski definition) is 1. The number of rotatable bonds is 0. The normalized spacial score (nSPS) is 42.0. The van der Waals surface area contributed by atoms with Crippen LogP contribution < -0.4 is 0 Å². The van der Waals surface area contributed by atoms with Crippen molar-refractivity contribution in [3.05, 3.63) is 0 Å². The van der Waals surface area contributed by atoms with Crippen LogP contribution in [0.2, 0.25) is 0 Å². The van der Waals surface area contributed by atoms with Gasteiger partial charge in [-0.3, -0.25) is 0 Å². The minimum absolute atomic E-state index is 0.0822. The summed E-state index contributed by atoms with van der Waals surface area (Å²) in [5, 5.41) is 8.92. The van der Waals surface area contributed by atoms with Crippen molar-refractivity contribution in [1.29, 1.82) is 0 Å². The molecular weight excluding hydrogens is 131 g/mol. The lowest BCUT2D eigenvalue weighted by Gasteiger charge is -2.33. The average Bonchev–Trinajstić information content (AvgIpc) is 1.82. The highest BCUT2D eigenvalue weighted by atomic mass is 16.7. The van der Waals surface area contributed by atoms with Crippen molar-refractivity contribution in [2.24, 2.45) is 5.92 Å². The molecule has 10 heavy (non-hydrogen) atoms. The summed E-state index contributed by atoms with van der Waals surface area (Å²) in [5.74, 6) is 0.350. The minimum atomic E-state index is -1.03. The van der Waals surface area contributed by atoms with E-state index in [1.165, 1.54) is 0 Å². The van der Waals surface area contributed by atoms with E-state index in [2.05, 4.69) is 0 Å². The molecule has 2 unspecified atom stereocenters. The van der Waals surface area contributed by atoms with Crippen molar-refractivity contribution in [2.75, 3.05) is 0 Å². The molecule has 3 nitrogen and oxygen atoms in total. The Kier molecular flexibility index (Phi) is 2.34. The van der Waals surface area contributed by atoms with Crippen molar-refractivity contribution in [2.45, 2.75) is 33.0 Å². The van der Waals surface area contributed by atoms with Crippen LogP contribution in [0.15, 0.2) is 0 Å². The fourth-order valence-corrected chi connectivity index (χ4v) is 1.03. The lowest BCUT2D eigenvalue weighted by Crippen LogP contribution is -2.45. The van der Waals surface area contributed by atoms with Gasteiger partial charge in [0.25, 0.3) is 0 Å². The van der Waals surface area contributed by atoms with Gasteiger partial charge in [0.2, 0.25) is 0 Å². The second kappa shape index (κ2) is 2.90. The topological polar surface area (TPSA) is 38.7 Å². The van der Waals surface area contributed by atoms with Gasteiger partial charge in [0.05, 0.1) is 0 Å². The van der Waals surface area contributed by atoms with E-state index in [1.807, 2.05) is 20.8 Å². The molecule has 0 spiro atoms. The highest BCUT2D eigenvalue weighted by Crippen LogP contribution is 2.20. The molecule has 0 radical (unpaired) electrons. The summed E-state index contributed by atoms with van der Waals surface area (Å²) in [6.45, 7) is 5.92. The van der Waals surface area contributed by atoms with Crippen LogP contribution >= 0.6 is 0 Å². The van der Waals surface area contributed by atoms with Gasteiger partial charge < -0.3 is 14.3 Å². The van der Waals surface area contributed by atoms with Crippen LogP contribution in [0.1, 0.15) is 20.8 Å². The summed E-state index contributed by atoms with van der Waals surface area (Å²) in [7, 11) is -1.03. The zero-order chi connectivity index (χ0) is 7.72.